The first-order chi connectivity index (χ1) is 5.61. The van der Waals surface area contributed by atoms with Crippen LogP contribution in [0.1, 0.15) is 0 Å². The van der Waals surface area contributed by atoms with Gasteiger partial charge in [-0.1, -0.05) is 12.1 Å². The molecule has 0 aliphatic rings. The van der Waals surface area contributed by atoms with E-state index in [0.717, 1.165) is 0 Å². The van der Waals surface area contributed by atoms with E-state index in [1.165, 1.54) is 24.3 Å². The van der Waals surface area contributed by atoms with Crippen LogP contribution in [0.3, 0.4) is 0 Å². The number of hydrogen-bond acceptors (Lipinski definition) is 4. The Morgan fingerprint density at radius 1 is 1.38 bits per heavy atom. The molecule has 0 bridgehead atoms. The molecule has 1 aromatic rings. The van der Waals surface area contributed by atoms with Gasteiger partial charge in [0.05, 0.1) is 0 Å². The molecule has 0 heterocycles. The van der Waals surface area contributed by atoms with E-state index in [1.54, 1.807) is 0 Å². The van der Waals surface area contributed by atoms with E-state index in [9.17, 15) is 8.76 Å². The first-order valence-corrected chi connectivity index (χ1v) is 4.24. The maximum atomic E-state index is 10.4. The summed E-state index contributed by atoms with van der Waals surface area (Å²) in [6.07, 6.45) is 0. The van der Waals surface area contributed by atoms with E-state index in [-0.39, 0.29) is 39.9 Å². The third-order valence-corrected chi connectivity index (χ3v) is 1.99. The quantitative estimate of drug-likeness (QED) is 0.380. The predicted octanol–water partition coefficient (Wildman–Crippen LogP) is -4.39. The summed E-state index contributed by atoms with van der Waals surface area (Å²) < 4.78 is 20.8. The average Bonchev–Trinajstić information content (AvgIpc) is 2.04. The maximum absolute atomic E-state index is 10.4. The molecular formula is C6H6BNaO4S. The molecule has 7 heteroatoms. The zero-order chi connectivity index (χ0) is 9.14. The maximum Gasteiger partial charge on any atom is 1.00 e. The van der Waals surface area contributed by atoms with Crippen molar-refractivity contribution in [1.29, 1.82) is 0 Å². The van der Waals surface area contributed by atoms with Crippen molar-refractivity contribution in [3.05, 3.63) is 24.3 Å². The molecule has 0 fully saturated rings. The van der Waals surface area contributed by atoms with Gasteiger partial charge in [0.2, 0.25) is 0 Å². The van der Waals surface area contributed by atoms with E-state index in [4.69, 9.17) is 10.0 Å². The van der Waals surface area contributed by atoms with E-state index < -0.39 is 18.2 Å². The van der Waals surface area contributed by atoms with Gasteiger partial charge in [-0.3, -0.25) is 4.21 Å². The van der Waals surface area contributed by atoms with Gasteiger partial charge in [0, 0.05) is 4.90 Å². The van der Waals surface area contributed by atoms with Gasteiger partial charge in [0.25, 0.3) is 0 Å². The fourth-order valence-electron chi connectivity index (χ4n) is 0.779. The van der Waals surface area contributed by atoms with Crippen LogP contribution in [-0.2, 0) is 11.1 Å². The van der Waals surface area contributed by atoms with E-state index >= 15 is 0 Å². The summed E-state index contributed by atoms with van der Waals surface area (Å²) in [5.41, 5.74) is 0.164. The molecule has 0 aromatic heterocycles. The van der Waals surface area contributed by atoms with E-state index in [1.807, 2.05) is 0 Å². The van der Waals surface area contributed by atoms with Crippen LogP contribution in [0.5, 0.6) is 0 Å². The van der Waals surface area contributed by atoms with Crippen molar-refractivity contribution in [2.45, 2.75) is 4.90 Å². The van der Waals surface area contributed by atoms with Crippen molar-refractivity contribution < 1.29 is 48.4 Å². The third kappa shape index (κ3) is 3.91. The molecule has 0 aliphatic carbocycles. The summed E-state index contributed by atoms with van der Waals surface area (Å²) in [5.74, 6) is 0. The number of rotatable bonds is 2. The topological polar surface area (TPSA) is 80.6 Å². The fraction of sp³-hybridized carbons (Fsp3) is 0. The van der Waals surface area contributed by atoms with Crippen LogP contribution < -0.4 is 35.0 Å². The van der Waals surface area contributed by atoms with Crippen LogP contribution in [0.4, 0.5) is 0 Å². The van der Waals surface area contributed by atoms with Crippen molar-refractivity contribution in [2.75, 3.05) is 0 Å². The van der Waals surface area contributed by atoms with Crippen LogP contribution in [0.25, 0.3) is 0 Å². The molecule has 0 amide bonds. The standard InChI is InChI=1S/C6H7BO4S.Na/c8-7(9)5-2-1-3-6(4-5)12(10)11;/h1-4,8-9H,(H,10,11);/q;+1/p-1. The van der Waals surface area contributed by atoms with Gasteiger partial charge in [0.15, 0.2) is 0 Å². The molecule has 0 saturated heterocycles. The monoisotopic (exact) mass is 208 g/mol. The van der Waals surface area contributed by atoms with Crippen molar-refractivity contribution >= 4 is 23.7 Å². The minimum atomic E-state index is -2.33. The zero-order valence-electron chi connectivity index (χ0n) is 7.01. The summed E-state index contributed by atoms with van der Waals surface area (Å²) >= 11 is -2.33. The Kier molecular flexibility index (Phi) is 6.07. The summed E-state index contributed by atoms with van der Waals surface area (Å²) in [4.78, 5) is 0.0422. The summed E-state index contributed by atoms with van der Waals surface area (Å²) in [7, 11) is -1.63. The molecule has 0 aliphatic heterocycles. The van der Waals surface area contributed by atoms with E-state index in [0.29, 0.717) is 0 Å². The Morgan fingerprint density at radius 3 is 2.46 bits per heavy atom. The largest absolute Gasteiger partial charge is 1.00 e. The van der Waals surface area contributed by atoms with Gasteiger partial charge in [-0.2, -0.15) is 0 Å². The van der Waals surface area contributed by atoms with Gasteiger partial charge in [-0.25, -0.2) is 0 Å². The SMILES string of the molecule is O=S([O-])c1cccc(B(O)O)c1.[Na+]. The molecule has 13 heavy (non-hydrogen) atoms. The molecule has 1 atom stereocenters. The second-order valence-electron chi connectivity index (χ2n) is 2.18. The number of benzene rings is 1. The minimum absolute atomic E-state index is 0. The molecule has 0 spiro atoms. The average molecular weight is 208 g/mol. The summed E-state index contributed by atoms with van der Waals surface area (Å²) in [5, 5.41) is 17.4. The second-order valence-corrected chi connectivity index (χ2v) is 3.12. The van der Waals surface area contributed by atoms with Crippen molar-refractivity contribution in [3.8, 4) is 0 Å². The Morgan fingerprint density at radius 2 is 2.00 bits per heavy atom. The van der Waals surface area contributed by atoms with Gasteiger partial charge >= 0.3 is 36.7 Å². The van der Waals surface area contributed by atoms with Crippen molar-refractivity contribution in [3.63, 3.8) is 0 Å². The van der Waals surface area contributed by atoms with Gasteiger partial charge in [0.1, 0.15) is 0 Å². The predicted molar refractivity (Wildman–Crippen MR) is 43.5 cm³/mol. The molecule has 0 saturated carbocycles. The summed E-state index contributed by atoms with van der Waals surface area (Å²) in [6, 6.07) is 5.45. The third-order valence-electron chi connectivity index (χ3n) is 1.35. The first-order valence-electron chi connectivity index (χ1n) is 3.16. The summed E-state index contributed by atoms with van der Waals surface area (Å²) in [6.45, 7) is 0. The second kappa shape index (κ2) is 5.92. The molecule has 0 radical (unpaired) electrons. The van der Waals surface area contributed by atoms with Crippen LogP contribution in [0.2, 0.25) is 0 Å². The van der Waals surface area contributed by atoms with Gasteiger partial charge in [-0.05, 0) is 28.7 Å². The smallest absolute Gasteiger partial charge is 0.768 e. The number of hydrogen-bond donors (Lipinski definition) is 2. The molecular weight excluding hydrogens is 202 g/mol. The van der Waals surface area contributed by atoms with Crippen molar-refractivity contribution in [2.24, 2.45) is 0 Å². The Hall–Kier alpha value is 0.315. The van der Waals surface area contributed by atoms with Crippen LogP contribution in [0.15, 0.2) is 29.2 Å². The van der Waals surface area contributed by atoms with E-state index in [2.05, 4.69) is 0 Å². The zero-order valence-corrected chi connectivity index (χ0v) is 9.82. The van der Waals surface area contributed by atoms with Crippen LogP contribution in [0, 0.1) is 0 Å². The Labute approximate surface area is 101 Å². The first kappa shape index (κ1) is 13.3. The van der Waals surface area contributed by atoms with Crippen molar-refractivity contribution in [1.82, 2.24) is 0 Å². The fourth-order valence-corrected chi connectivity index (χ4v) is 1.20. The Bertz CT molecular complexity index is 306. The van der Waals surface area contributed by atoms with Crippen LogP contribution in [-0.4, -0.2) is 25.9 Å². The molecule has 64 valence electrons. The molecule has 2 N–H and O–H groups in total. The molecule has 4 nitrogen and oxygen atoms in total. The normalized spacial score (nSPS) is 11.6. The minimum Gasteiger partial charge on any atom is -0.768 e. The van der Waals surface area contributed by atoms with Crippen LogP contribution >= 0.6 is 0 Å². The molecule has 1 aromatic carbocycles. The Balaban J connectivity index is 0.00000144. The van der Waals surface area contributed by atoms with Gasteiger partial charge in [-0.15, -0.1) is 0 Å². The molecule has 1 rings (SSSR count). The van der Waals surface area contributed by atoms with Gasteiger partial charge < -0.3 is 14.6 Å². The molecule has 1 unspecified atom stereocenters.